The fourth-order valence-electron chi connectivity index (χ4n) is 3.84. The maximum absolute atomic E-state index is 12.9. The maximum Gasteiger partial charge on any atom is 0.325 e. The Kier molecular flexibility index (Phi) is 4.06. The molecule has 3 heterocycles. The van der Waals surface area contributed by atoms with E-state index in [1.165, 1.54) is 13.2 Å². The monoisotopic (exact) mass is 395 g/mol. The number of imide groups is 1. The highest BCUT2D eigenvalue weighted by molar-refractivity contribution is 7.91. The van der Waals surface area contributed by atoms with Crippen LogP contribution in [0.15, 0.2) is 22.8 Å². The highest BCUT2D eigenvalue weighted by atomic mass is 32.2. The zero-order chi connectivity index (χ0) is 19.4. The minimum Gasteiger partial charge on any atom is -0.466 e. The van der Waals surface area contributed by atoms with Crippen LogP contribution in [0.1, 0.15) is 31.9 Å². The van der Waals surface area contributed by atoms with E-state index in [9.17, 15) is 22.8 Å². The second-order valence-electron chi connectivity index (χ2n) is 7.51. The van der Waals surface area contributed by atoms with Gasteiger partial charge < -0.3 is 14.6 Å². The Bertz CT molecular complexity index is 892. The van der Waals surface area contributed by atoms with E-state index in [1.807, 2.05) is 0 Å². The number of nitrogens with zero attached hydrogens (tertiary/aromatic N) is 2. The van der Waals surface area contributed by atoms with Gasteiger partial charge in [-0.1, -0.05) is 0 Å². The number of carbonyl (C=O) groups is 3. The highest BCUT2D eigenvalue weighted by Crippen LogP contribution is 2.33. The molecule has 1 aliphatic carbocycles. The number of urea groups is 1. The third-order valence-corrected chi connectivity index (χ3v) is 7.16. The van der Waals surface area contributed by atoms with Crippen molar-refractivity contribution >= 4 is 27.7 Å². The molecule has 1 saturated carbocycles. The number of sulfone groups is 1. The van der Waals surface area contributed by atoms with Crippen LogP contribution in [0.3, 0.4) is 0 Å². The van der Waals surface area contributed by atoms with E-state index in [-0.39, 0.29) is 29.3 Å². The second-order valence-corrected chi connectivity index (χ2v) is 9.74. The number of nitrogens with one attached hydrogen (secondary N) is 1. The molecule has 10 heteroatoms. The first-order valence-corrected chi connectivity index (χ1v) is 10.7. The minimum absolute atomic E-state index is 0.00646. The lowest BCUT2D eigenvalue weighted by Gasteiger charge is -2.29. The van der Waals surface area contributed by atoms with Gasteiger partial charge in [-0.15, -0.1) is 0 Å². The topological polar surface area (TPSA) is 117 Å². The molecule has 27 heavy (non-hydrogen) atoms. The van der Waals surface area contributed by atoms with Crippen LogP contribution in [0.2, 0.25) is 0 Å². The van der Waals surface area contributed by atoms with E-state index in [0.717, 1.165) is 17.7 Å². The van der Waals surface area contributed by atoms with Gasteiger partial charge in [-0.2, -0.15) is 0 Å². The van der Waals surface area contributed by atoms with Crippen LogP contribution < -0.4 is 5.32 Å². The molecule has 2 aliphatic heterocycles. The van der Waals surface area contributed by atoms with E-state index >= 15 is 0 Å². The van der Waals surface area contributed by atoms with E-state index < -0.39 is 39.8 Å². The molecule has 2 saturated heterocycles. The summed E-state index contributed by atoms with van der Waals surface area (Å²) in [6.07, 6.45) is 3.43. The smallest absolute Gasteiger partial charge is 0.325 e. The second kappa shape index (κ2) is 6.08. The fourth-order valence-corrected chi connectivity index (χ4v) is 5.55. The van der Waals surface area contributed by atoms with Gasteiger partial charge in [0.05, 0.1) is 17.8 Å². The lowest BCUT2D eigenvalue weighted by atomic mass is 9.99. The Morgan fingerprint density at radius 3 is 2.63 bits per heavy atom. The molecular formula is C17H21N3O6S. The molecule has 0 bridgehead atoms. The zero-order valence-corrected chi connectivity index (χ0v) is 15.7. The Morgan fingerprint density at radius 2 is 2.07 bits per heavy atom. The highest BCUT2D eigenvalue weighted by Gasteiger charge is 2.52. The van der Waals surface area contributed by atoms with Crippen molar-refractivity contribution in [1.82, 2.24) is 15.1 Å². The van der Waals surface area contributed by atoms with Gasteiger partial charge in [-0.05, 0) is 38.3 Å². The molecule has 4 amide bonds. The largest absolute Gasteiger partial charge is 0.466 e. The van der Waals surface area contributed by atoms with Gasteiger partial charge in [0.2, 0.25) is 5.91 Å². The van der Waals surface area contributed by atoms with Crippen LogP contribution in [0.25, 0.3) is 0 Å². The average Bonchev–Trinajstić information content (AvgIpc) is 3.04. The summed E-state index contributed by atoms with van der Waals surface area (Å²) in [6.45, 7) is 1.12. The number of furan rings is 1. The van der Waals surface area contributed by atoms with Crippen molar-refractivity contribution in [2.75, 3.05) is 18.1 Å². The van der Waals surface area contributed by atoms with Crippen LogP contribution in [-0.4, -0.2) is 66.2 Å². The van der Waals surface area contributed by atoms with Crippen molar-refractivity contribution in [3.63, 3.8) is 0 Å². The predicted molar refractivity (Wildman–Crippen MR) is 93.2 cm³/mol. The van der Waals surface area contributed by atoms with Gasteiger partial charge in [0, 0.05) is 12.1 Å². The molecule has 3 fully saturated rings. The molecule has 1 aromatic rings. The van der Waals surface area contributed by atoms with Gasteiger partial charge in [-0.3, -0.25) is 14.5 Å². The van der Waals surface area contributed by atoms with Gasteiger partial charge in [0.1, 0.15) is 12.3 Å². The lowest BCUT2D eigenvalue weighted by Crippen LogP contribution is -2.49. The van der Waals surface area contributed by atoms with Crippen LogP contribution in [0.5, 0.6) is 0 Å². The van der Waals surface area contributed by atoms with Gasteiger partial charge in [-0.25, -0.2) is 13.2 Å². The number of amides is 4. The number of hydrogen-bond donors (Lipinski definition) is 1. The summed E-state index contributed by atoms with van der Waals surface area (Å²) < 4.78 is 28.9. The first-order valence-electron chi connectivity index (χ1n) is 8.91. The predicted octanol–water partition coefficient (Wildman–Crippen LogP) is 0.225. The molecule has 146 valence electrons. The molecule has 0 aromatic carbocycles. The Balaban J connectivity index is 1.52. The van der Waals surface area contributed by atoms with E-state index in [1.54, 1.807) is 17.0 Å². The Hall–Kier alpha value is -2.36. The first-order chi connectivity index (χ1) is 12.7. The molecule has 0 radical (unpaired) electrons. The molecule has 1 N–H and O–H groups in total. The van der Waals surface area contributed by atoms with Crippen molar-refractivity contribution < 1.29 is 27.2 Å². The molecule has 1 aromatic heterocycles. The molecule has 3 aliphatic rings. The van der Waals surface area contributed by atoms with Crippen LogP contribution in [0, 0.1) is 0 Å². The molecule has 4 rings (SSSR count). The maximum atomic E-state index is 12.9. The van der Waals surface area contributed by atoms with Crippen molar-refractivity contribution in [3.8, 4) is 0 Å². The quantitative estimate of drug-likeness (QED) is 0.713. The Labute approximate surface area is 156 Å². The van der Waals surface area contributed by atoms with Crippen LogP contribution >= 0.6 is 0 Å². The zero-order valence-electron chi connectivity index (χ0n) is 14.9. The van der Waals surface area contributed by atoms with Gasteiger partial charge in [0.25, 0.3) is 5.91 Å². The third-order valence-electron chi connectivity index (χ3n) is 5.41. The Morgan fingerprint density at radius 1 is 1.33 bits per heavy atom. The first kappa shape index (κ1) is 18.0. The lowest BCUT2D eigenvalue weighted by molar-refractivity contribution is -0.140. The molecule has 2 atom stereocenters. The van der Waals surface area contributed by atoms with Gasteiger partial charge in [0.15, 0.2) is 15.4 Å². The summed E-state index contributed by atoms with van der Waals surface area (Å²) in [5.41, 5.74) is -1.36. The summed E-state index contributed by atoms with van der Waals surface area (Å²) in [7, 11) is -3.14. The minimum atomic E-state index is -3.14. The van der Waals surface area contributed by atoms with Gasteiger partial charge >= 0.3 is 6.03 Å². The summed E-state index contributed by atoms with van der Waals surface area (Å²) in [5.74, 6) is -0.665. The van der Waals surface area contributed by atoms with Crippen molar-refractivity contribution in [3.05, 3.63) is 24.2 Å². The average molecular weight is 395 g/mol. The summed E-state index contributed by atoms with van der Waals surface area (Å²) in [4.78, 5) is 40.5. The van der Waals surface area contributed by atoms with Crippen molar-refractivity contribution in [1.29, 1.82) is 0 Å². The number of rotatable bonds is 5. The fraction of sp³-hybridized carbons (Fsp3) is 0.588. The van der Waals surface area contributed by atoms with Crippen molar-refractivity contribution in [2.45, 2.75) is 43.8 Å². The number of carbonyl (C=O) groups excluding carboxylic acids is 3. The van der Waals surface area contributed by atoms with E-state index in [2.05, 4.69) is 5.32 Å². The molecule has 9 nitrogen and oxygen atoms in total. The SMILES string of the molecule is C[C@]1(c2ccco2)NC(=O)N(CC(=O)N(C2CC2)[C@H]2CCS(=O)(=O)C2)C1=O. The standard InChI is InChI=1S/C17H21N3O6S/c1-17(13-3-2-7-26-13)15(22)19(16(23)18-17)9-14(21)20(11-4-5-11)12-6-8-27(24,25)10-12/h2-3,7,11-12H,4-6,8-10H2,1H3,(H,18,23)/t12-,17+/m0/s1. The normalized spacial score (nSPS) is 29.8. The summed E-state index contributed by atoms with van der Waals surface area (Å²) in [6, 6.07) is 2.15. The molecule has 0 spiro atoms. The van der Waals surface area contributed by atoms with E-state index in [0.29, 0.717) is 6.42 Å². The van der Waals surface area contributed by atoms with Crippen LogP contribution in [0.4, 0.5) is 4.79 Å². The third kappa shape index (κ3) is 3.11. The summed E-state index contributed by atoms with van der Waals surface area (Å²) in [5, 5.41) is 2.58. The molecule has 0 unspecified atom stereocenters. The van der Waals surface area contributed by atoms with Crippen LogP contribution in [-0.2, 0) is 25.0 Å². The van der Waals surface area contributed by atoms with E-state index in [4.69, 9.17) is 4.42 Å². The number of hydrogen-bond acceptors (Lipinski definition) is 6. The molecular weight excluding hydrogens is 374 g/mol. The van der Waals surface area contributed by atoms with Crippen molar-refractivity contribution in [2.24, 2.45) is 0 Å². The summed E-state index contributed by atoms with van der Waals surface area (Å²) >= 11 is 0.